The van der Waals surface area contributed by atoms with Crippen LogP contribution in [-0.2, 0) is 4.79 Å². The first-order chi connectivity index (χ1) is 11.1. The molecule has 0 saturated heterocycles. The van der Waals surface area contributed by atoms with Crippen LogP contribution in [0.5, 0.6) is 0 Å². The van der Waals surface area contributed by atoms with Crippen molar-refractivity contribution in [2.45, 2.75) is 26.3 Å². The predicted octanol–water partition coefficient (Wildman–Crippen LogP) is 3.94. The van der Waals surface area contributed by atoms with Gasteiger partial charge in [0, 0.05) is 19.0 Å². The minimum absolute atomic E-state index is 0.0768. The first kappa shape index (κ1) is 17.2. The van der Waals surface area contributed by atoms with E-state index in [0.717, 1.165) is 0 Å². The fourth-order valence-corrected chi connectivity index (χ4v) is 3.18. The Balaban J connectivity index is 1.85. The maximum Gasteiger partial charge on any atom is 0.226 e. The lowest BCUT2D eigenvalue weighted by atomic mass is 9.96. The molecule has 0 saturated carbocycles. The maximum atomic E-state index is 12.0. The van der Waals surface area contributed by atoms with Gasteiger partial charge in [-0.25, -0.2) is 0 Å². The number of nitriles is 1. The number of thiophene rings is 1. The SMILES string of the molecule is CC(C)C(NCCC(=O)Nc1sccc1C#N)c1ccccc1. The van der Waals surface area contributed by atoms with E-state index in [1.807, 2.05) is 18.2 Å². The van der Waals surface area contributed by atoms with E-state index in [2.05, 4.69) is 42.7 Å². The van der Waals surface area contributed by atoms with Gasteiger partial charge in [0.25, 0.3) is 0 Å². The average Bonchev–Trinajstić information content (AvgIpc) is 2.99. The number of carbonyl (C=O) groups is 1. The fourth-order valence-electron chi connectivity index (χ4n) is 2.42. The Labute approximate surface area is 141 Å². The molecule has 1 aromatic heterocycles. The third-order valence-corrected chi connectivity index (χ3v) is 4.41. The lowest BCUT2D eigenvalue weighted by molar-refractivity contribution is -0.116. The summed E-state index contributed by atoms with van der Waals surface area (Å²) in [6, 6.07) is 14.3. The molecule has 0 aliphatic heterocycles. The van der Waals surface area contributed by atoms with Gasteiger partial charge < -0.3 is 10.6 Å². The van der Waals surface area contributed by atoms with Crippen molar-refractivity contribution >= 4 is 22.2 Å². The Morgan fingerprint density at radius 2 is 2.00 bits per heavy atom. The van der Waals surface area contributed by atoms with Gasteiger partial charge in [-0.1, -0.05) is 44.2 Å². The molecule has 2 N–H and O–H groups in total. The molecule has 1 amide bonds. The third-order valence-electron chi connectivity index (χ3n) is 3.58. The molecule has 1 aromatic carbocycles. The lowest BCUT2D eigenvalue weighted by Crippen LogP contribution is -2.29. The zero-order chi connectivity index (χ0) is 16.7. The van der Waals surface area contributed by atoms with Crippen molar-refractivity contribution in [1.82, 2.24) is 5.32 Å². The number of carbonyl (C=O) groups excluding carboxylic acids is 1. The van der Waals surface area contributed by atoms with Gasteiger partial charge >= 0.3 is 0 Å². The van der Waals surface area contributed by atoms with Gasteiger partial charge in [-0.05, 0) is 22.9 Å². The Kier molecular flexibility index (Phi) is 6.33. The highest BCUT2D eigenvalue weighted by Gasteiger charge is 2.15. The second-order valence-electron chi connectivity index (χ2n) is 5.66. The molecular weight excluding hydrogens is 306 g/mol. The Morgan fingerprint density at radius 1 is 1.26 bits per heavy atom. The topological polar surface area (TPSA) is 64.9 Å². The Bertz CT molecular complexity index is 673. The summed E-state index contributed by atoms with van der Waals surface area (Å²) >= 11 is 1.37. The lowest BCUT2D eigenvalue weighted by Gasteiger charge is -2.23. The summed E-state index contributed by atoms with van der Waals surface area (Å²) in [6.45, 7) is 4.92. The van der Waals surface area contributed by atoms with Gasteiger partial charge in [-0.3, -0.25) is 4.79 Å². The van der Waals surface area contributed by atoms with Crippen LogP contribution in [0.4, 0.5) is 5.00 Å². The molecule has 0 aliphatic rings. The van der Waals surface area contributed by atoms with Crippen molar-refractivity contribution in [3.8, 4) is 6.07 Å². The van der Waals surface area contributed by atoms with Crippen molar-refractivity contribution in [2.24, 2.45) is 5.92 Å². The quantitative estimate of drug-likeness (QED) is 0.809. The van der Waals surface area contributed by atoms with Gasteiger partial charge in [0.2, 0.25) is 5.91 Å². The van der Waals surface area contributed by atoms with E-state index in [9.17, 15) is 4.79 Å². The van der Waals surface area contributed by atoms with Crippen LogP contribution in [0.25, 0.3) is 0 Å². The van der Waals surface area contributed by atoms with Crippen molar-refractivity contribution in [3.63, 3.8) is 0 Å². The Hall–Kier alpha value is -2.16. The van der Waals surface area contributed by atoms with Gasteiger partial charge in [0.15, 0.2) is 0 Å². The van der Waals surface area contributed by atoms with E-state index < -0.39 is 0 Å². The highest BCUT2D eigenvalue weighted by molar-refractivity contribution is 7.14. The van der Waals surface area contributed by atoms with E-state index in [-0.39, 0.29) is 11.9 Å². The average molecular weight is 327 g/mol. The first-order valence-electron chi connectivity index (χ1n) is 7.67. The highest BCUT2D eigenvalue weighted by atomic mass is 32.1. The zero-order valence-electron chi connectivity index (χ0n) is 13.4. The number of amides is 1. The monoisotopic (exact) mass is 327 g/mol. The van der Waals surface area contributed by atoms with Crippen molar-refractivity contribution in [1.29, 1.82) is 5.26 Å². The molecular formula is C18H21N3OS. The van der Waals surface area contributed by atoms with Gasteiger partial charge in [0.05, 0.1) is 5.56 Å². The van der Waals surface area contributed by atoms with Crippen LogP contribution >= 0.6 is 11.3 Å². The molecule has 1 atom stereocenters. The second-order valence-corrected chi connectivity index (χ2v) is 6.58. The number of nitrogens with one attached hydrogen (secondary N) is 2. The number of rotatable bonds is 7. The van der Waals surface area contributed by atoms with E-state index in [4.69, 9.17) is 5.26 Å². The number of hydrogen-bond acceptors (Lipinski definition) is 4. The summed E-state index contributed by atoms with van der Waals surface area (Å²) in [5, 5.41) is 17.6. The smallest absolute Gasteiger partial charge is 0.226 e. The molecule has 4 nitrogen and oxygen atoms in total. The zero-order valence-corrected chi connectivity index (χ0v) is 14.2. The minimum Gasteiger partial charge on any atom is -0.317 e. The van der Waals surface area contributed by atoms with Crippen LogP contribution in [0.3, 0.4) is 0 Å². The van der Waals surface area contributed by atoms with Crippen molar-refractivity contribution in [3.05, 3.63) is 52.9 Å². The molecule has 0 aliphatic carbocycles. The normalized spacial score (nSPS) is 11.9. The summed E-state index contributed by atoms with van der Waals surface area (Å²) in [7, 11) is 0. The summed E-state index contributed by atoms with van der Waals surface area (Å²) in [5.41, 5.74) is 1.74. The van der Waals surface area contributed by atoms with Crippen LogP contribution in [-0.4, -0.2) is 12.5 Å². The van der Waals surface area contributed by atoms with E-state index in [1.54, 1.807) is 11.4 Å². The standard InChI is InChI=1S/C18H21N3OS/c1-13(2)17(14-6-4-3-5-7-14)20-10-8-16(22)21-18-15(12-19)9-11-23-18/h3-7,9,11,13,17,20H,8,10H2,1-2H3,(H,21,22). The largest absolute Gasteiger partial charge is 0.317 e. The molecule has 0 spiro atoms. The van der Waals surface area contributed by atoms with E-state index >= 15 is 0 Å². The van der Waals surface area contributed by atoms with Crippen molar-refractivity contribution in [2.75, 3.05) is 11.9 Å². The van der Waals surface area contributed by atoms with E-state index in [1.165, 1.54) is 16.9 Å². The number of benzene rings is 1. The van der Waals surface area contributed by atoms with Crippen LogP contribution < -0.4 is 10.6 Å². The minimum atomic E-state index is -0.0768. The van der Waals surface area contributed by atoms with Crippen LogP contribution in [0.2, 0.25) is 0 Å². The molecule has 1 heterocycles. The molecule has 2 aromatic rings. The number of nitrogens with zero attached hydrogens (tertiary/aromatic N) is 1. The molecule has 2 rings (SSSR count). The van der Waals surface area contributed by atoms with Crippen molar-refractivity contribution < 1.29 is 4.79 Å². The van der Waals surface area contributed by atoms with E-state index in [0.29, 0.717) is 29.4 Å². The van der Waals surface area contributed by atoms with Gasteiger partial charge in [-0.2, -0.15) is 5.26 Å². The Morgan fingerprint density at radius 3 is 2.65 bits per heavy atom. The summed E-state index contributed by atoms with van der Waals surface area (Å²) in [6.07, 6.45) is 0.374. The molecule has 120 valence electrons. The van der Waals surface area contributed by atoms with Crippen LogP contribution in [0.15, 0.2) is 41.8 Å². The molecule has 0 fully saturated rings. The summed E-state index contributed by atoms with van der Waals surface area (Å²) in [5.74, 6) is 0.356. The summed E-state index contributed by atoms with van der Waals surface area (Å²) < 4.78 is 0. The van der Waals surface area contributed by atoms with Crippen LogP contribution in [0.1, 0.15) is 37.4 Å². The number of hydrogen-bond donors (Lipinski definition) is 2. The maximum absolute atomic E-state index is 12.0. The van der Waals surface area contributed by atoms with Gasteiger partial charge in [-0.15, -0.1) is 11.3 Å². The molecule has 1 unspecified atom stereocenters. The van der Waals surface area contributed by atoms with Gasteiger partial charge in [0.1, 0.15) is 11.1 Å². The first-order valence-corrected chi connectivity index (χ1v) is 8.55. The fraction of sp³-hybridized carbons (Fsp3) is 0.333. The van der Waals surface area contributed by atoms with Crippen LogP contribution in [0, 0.1) is 17.2 Å². The number of anilines is 1. The third kappa shape index (κ3) is 4.92. The second kappa shape index (κ2) is 8.47. The molecule has 5 heteroatoms. The summed E-state index contributed by atoms with van der Waals surface area (Å²) in [4.78, 5) is 12.0. The highest BCUT2D eigenvalue weighted by Crippen LogP contribution is 2.23. The molecule has 0 bridgehead atoms. The predicted molar refractivity (Wildman–Crippen MR) is 94.3 cm³/mol. The molecule has 23 heavy (non-hydrogen) atoms. The molecule has 0 radical (unpaired) electrons.